The van der Waals surface area contributed by atoms with E-state index in [9.17, 15) is 14.4 Å². The van der Waals surface area contributed by atoms with E-state index in [1.165, 1.54) is 103 Å². The van der Waals surface area contributed by atoms with Gasteiger partial charge in [-0.05, 0) is 70.6 Å². The molecule has 0 spiro atoms. The lowest BCUT2D eigenvalue weighted by molar-refractivity contribution is -0.167. The van der Waals surface area contributed by atoms with Crippen molar-refractivity contribution >= 4 is 17.9 Å². The zero-order valence-corrected chi connectivity index (χ0v) is 35.7. The van der Waals surface area contributed by atoms with Crippen molar-refractivity contribution in [2.75, 3.05) is 13.2 Å². The van der Waals surface area contributed by atoms with Crippen LogP contribution in [-0.4, -0.2) is 37.2 Å². The second kappa shape index (κ2) is 43.4. The molecule has 1 atom stereocenters. The molecule has 0 aromatic heterocycles. The number of carbonyl (C=O) groups excluding carboxylic acids is 3. The molecule has 0 bridgehead atoms. The first-order valence-electron chi connectivity index (χ1n) is 23.0. The first-order chi connectivity index (χ1) is 26.5. The van der Waals surface area contributed by atoms with Gasteiger partial charge in [0.1, 0.15) is 13.2 Å². The van der Waals surface area contributed by atoms with Crippen LogP contribution in [0.2, 0.25) is 0 Å². The molecule has 0 saturated carbocycles. The molecule has 0 rings (SSSR count). The molecular weight excluding hydrogens is 673 g/mol. The first kappa shape index (κ1) is 51.6. The van der Waals surface area contributed by atoms with E-state index < -0.39 is 6.10 Å². The summed E-state index contributed by atoms with van der Waals surface area (Å²) in [6.07, 6.45) is 48.3. The van der Waals surface area contributed by atoms with Crippen molar-refractivity contribution in [1.29, 1.82) is 0 Å². The fourth-order valence-corrected chi connectivity index (χ4v) is 6.33. The average molecular weight is 759 g/mol. The van der Waals surface area contributed by atoms with Crippen molar-refractivity contribution in [3.8, 4) is 0 Å². The van der Waals surface area contributed by atoms with E-state index in [4.69, 9.17) is 14.2 Å². The van der Waals surface area contributed by atoms with Gasteiger partial charge in [0.05, 0.1) is 0 Å². The fraction of sp³-hybridized carbons (Fsp3) is 0.812. The van der Waals surface area contributed by atoms with Crippen LogP contribution in [0.4, 0.5) is 0 Å². The van der Waals surface area contributed by atoms with Crippen LogP contribution in [0.5, 0.6) is 0 Å². The predicted octanol–water partition coefficient (Wildman–Crippen LogP) is 14.6. The van der Waals surface area contributed by atoms with Gasteiger partial charge in [-0.2, -0.15) is 0 Å². The minimum absolute atomic E-state index is 0.0784. The molecule has 314 valence electrons. The van der Waals surface area contributed by atoms with Gasteiger partial charge in [0.2, 0.25) is 0 Å². The minimum Gasteiger partial charge on any atom is -0.462 e. The number of allylic oxidation sites excluding steroid dienone is 6. The highest BCUT2D eigenvalue weighted by atomic mass is 16.6. The van der Waals surface area contributed by atoms with Crippen LogP contribution in [0.25, 0.3) is 0 Å². The standard InChI is InChI=1S/C48H86O6/c1-4-7-10-13-16-19-21-23-25-26-29-32-35-38-41-47(50)53-44-45(43-52-46(49)40-37-34-31-28-18-15-12-9-6-3)54-48(51)42-39-36-33-30-27-24-22-20-17-14-11-8-5-2/h13,16,20-23,45H,4-12,14-15,17-19,24-44H2,1-3H3/b16-13-,22-20-,23-21-. The summed E-state index contributed by atoms with van der Waals surface area (Å²) in [6, 6.07) is 0. The number of hydrogen-bond acceptors (Lipinski definition) is 6. The molecule has 54 heavy (non-hydrogen) atoms. The summed E-state index contributed by atoms with van der Waals surface area (Å²) < 4.78 is 16.7. The summed E-state index contributed by atoms with van der Waals surface area (Å²) in [5.41, 5.74) is 0. The van der Waals surface area contributed by atoms with E-state index in [0.717, 1.165) is 89.9 Å². The Morgan fingerprint density at radius 2 is 0.685 bits per heavy atom. The largest absolute Gasteiger partial charge is 0.462 e. The zero-order valence-electron chi connectivity index (χ0n) is 35.7. The van der Waals surface area contributed by atoms with Crippen molar-refractivity contribution in [1.82, 2.24) is 0 Å². The molecule has 0 fully saturated rings. The number of esters is 3. The van der Waals surface area contributed by atoms with Gasteiger partial charge in [0, 0.05) is 19.3 Å². The summed E-state index contributed by atoms with van der Waals surface area (Å²) in [7, 11) is 0. The maximum absolute atomic E-state index is 12.7. The second-order valence-corrected chi connectivity index (χ2v) is 15.3. The topological polar surface area (TPSA) is 78.9 Å². The Morgan fingerprint density at radius 1 is 0.370 bits per heavy atom. The van der Waals surface area contributed by atoms with Gasteiger partial charge >= 0.3 is 17.9 Å². The highest BCUT2D eigenvalue weighted by Crippen LogP contribution is 2.14. The summed E-state index contributed by atoms with van der Waals surface area (Å²) >= 11 is 0. The lowest BCUT2D eigenvalue weighted by Crippen LogP contribution is -2.30. The molecule has 0 aromatic carbocycles. The third-order valence-corrected chi connectivity index (χ3v) is 9.87. The number of hydrogen-bond donors (Lipinski definition) is 0. The van der Waals surface area contributed by atoms with Gasteiger partial charge in [-0.1, -0.05) is 179 Å². The van der Waals surface area contributed by atoms with Gasteiger partial charge in [-0.15, -0.1) is 0 Å². The Kier molecular flexibility index (Phi) is 41.5. The second-order valence-electron chi connectivity index (χ2n) is 15.3. The van der Waals surface area contributed by atoms with Gasteiger partial charge < -0.3 is 14.2 Å². The third-order valence-electron chi connectivity index (χ3n) is 9.87. The van der Waals surface area contributed by atoms with Gasteiger partial charge in [-0.25, -0.2) is 0 Å². The molecule has 0 aliphatic carbocycles. The molecule has 0 radical (unpaired) electrons. The van der Waals surface area contributed by atoms with Gasteiger partial charge in [-0.3, -0.25) is 14.4 Å². The molecule has 0 amide bonds. The average Bonchev–Trinajstić information content (AvgIpc) is 3.17. The van der Waals surface area contributed by atoms with Crippen molar-refractivity contribution in [2.45, 2.75) is 239 Å². The molecule has 6 heteroatoms. The van der Waals surface area contributed by atoms with Crippen LogP contribution in [-0.2, 0) is 28.6 Å². The van der Waals surface area contributed by atoms with Crippen LogP contribution in [0.1, 0.15) is 233 Å². The van der Waals surface area contributed by atoms with Crippen molar-refractivity contribution in [3.05, 3.63) is 36.5 Å². The fourth-order valence-electron chi connectivity index (χ4n) is 6.33. The maximum Gasteiger partial charge on any atom is 0.306 e. The molecule has 6 nitrogen and oxygen atoms in total. The van der Waals surface area contributed by atoms with Crippen molar-refractivity contribution in [3.63, 3.8) is 0 Å². The van der Waals surface area contributed by atoms with E-state index in [-0.39, 0.29) is 31.1 Å². The molecule has 1 unspecified atom stereocenters. The lowest BCUT2D eigenvalue weighted by Gasteiger charge is -2.18. The molecule has 0 aliphatic heterocycles. The molecular formula is C48H86O6. The summed E-state index contributed by atoms with van der Waals surface area (Å²) in [5.74, 6) is -0.903. The number of rotatable bonds is 41. The summed E-state index contributed by atoms with van der Waals surface area (Å²) in [6.45, 7) is 6.54. The van der Waals surface area contributed by atoms with E-state index in [1.807, 2.05) is 0 Å². The summed E-state index contributed by atoms with van der Waals surface area (Å²) in [4.78, 5) is 37.7. The predicted molar refractivity (Wildman–Crippen MR) is 229 cm³/mol. The number of ether oxygens (including phenoxy) is 3. The Labute approximate surface area is 334 Å². The Morgan fingerprint density at radius 3 is 1.11 bits per heavy atom. The Bertz CT molecular complexity index is 922. The number of unbranched alkanes of at least 4 members (excludes halogenated alkanes) is 24. The molecule has 0 aromatic rings. The Balaban J connectivity index is 4.38. The molecule has 0 N–H and O–H groups in total. The summed E-state index contributed by atoms with van der Waals surface area (Å²) in [5, 5.41) is 0. The Hall–Kier alpha value is -2.37. The van der Waals surface area contributed by atoms with Crippen LogP contribution < -0.4 is 0 Å². The van der Waals surface area contributed by atoms with E-state index >= 15 is 0 Å². The highest BCUT2D eigenvalue weighted by Gasteiger charge is 2.19. The maximum atomic E-state index is 12.7. The highest BCUT2D eigenvalue weighted by molar-refractivity contribution is 5.71. The van der Waals surface area contributed by atoms with E-state index in [0.29, 0.717) is 19.3 Å². The molecule has 0 saturated heterocycles. The van der Waals surface area contributed by atoms with Gasteiger partial charge in [0.25, 0.3) is 0 Å². The van der Waals surface area contributed by atoms with E-state index in [1.54, 1.807) is 0 Å². The van der Waals surface area contributed by atoms with E-state index in [2.05, 4.69) is 57.2 Å². The van der Waals surface area contributed by atoms with Gasteiger partial charge in [0.15, 0.2) is 6.10 Å². The third kappa shape index (κ3) is 40.8. The van der Waals surface area contributed by atoms with Crippen molar-refractivity contribution in [2.24, 2.45) is 0 Å². The zero-order chi connectivity index (χ0) is 39.4. The van der Waals surface area contributed by atoms with Crippen LogP contribution in [0.3, 0.4) is 0 Å². The van der Waals surface area contributed by atoms with Crippen LogP contribution >= 0.6 is 0 Å². The smallest absolute Gasteiger partial charge is 0.306 e. The van der Waals surface area contributed by atoms with Crippen LogP contribution in [0, 0.1) is 0 Å². The lowest BCUT2D eigenvalue weighted by atomic mass is 10.1. The quantitative estimate of drug-likeness (QED) is 0.0267. The molecule has 0 aliphatic rings. The first-order valence-corrected chi connectivity index (χ1v) is 23.0. The molecule has 0 heterocycles. The van der Waals surface area contributed by atoms with Crippen LogP contribution in [0.15, 0.2) is 36.5 Å². The van der Waals surface area contributed by atoms with Crippen molar-refractivity contribution < 1.29 is 28.6 Å². The SMILES string of the molecule is CCCC/C=C\C/C=C\CCCCCCCC(=O)OCC(COC(=O)CCCCCCCCCCC)OC(=O)CCCCCCC/C=C\CCCCCC. The monoisotopic (exact) mass is 759 g/mol. The number of carbonyl (C=O) groups is 3. The minimum atomic E-state index is -0.776. The normalized spacial score (nSPS) is 12.3.